The molecule has 1 aromatic heterocycles. The smallest absolute Gasteiger partial charge is 0.255 e. The molecule has 0 spiro atoms. The lowest BCUT2D eigenvalue weighted by molar-refractivity contribution is 0.0951. The molecule has 0 bridgehead atoms. The Bertz CT molecular complexity index is 816. The van der Waals surface area contributed by atoms with E-state index in [1.165, 1.54) is 6.33 Å². The van der Waals surface area contributed by atoms with Gasteiger partial charge in [0.2, 0.25) is 0 Å². The summed E-state index contributed by atoms with van der Waals surface area (Å²) in [5.74, 6) is -0.173. The van der Waals surface area contributed by atoms with Crippen molar-refractivity contribution in [3.05, 3.63) is 83.8 Å². The quantitative estimate of drug-likeness (QED) is 0.804. The van der Waals surface area contributed by atoms with Gasteiger partial charge in [-0.1, -0.05) is 54.6 Å². The zero-order chi connectivity index (χ0) is 16.1. The van der Waals surface area contributed by atoms with E-state index in [4.69, 9.17) is 0 Å². The van der Waals surface area contributed by atoms with E-state index in [1.807, 2.05) is 61.5 Å². The molecule has 0 aliphatic carbocycles. The summed E-state index contributed by atoms with van der Waals surface area (Å²) in [6, 6.07) is 17.6. The summed E-state index contributed by atoms with van der Waals surface area (Å²) in [7, 11) is 0. The van der Waals surface area contributed by atoms with Gasteiger partial charge in [-0.25, -0.2) is 9.97 Å². The summed E-state index contributed by atoms with van der Waals surface area (Å²) < 4.78 is 0. The lowest BCUT2D eigenvalue weighted by atomic mass is 10.1. The minimum absolute atomic E-state index is 0.173. The van der Waals surface area contributed by atoms with Crippen LogP contribution in [0.5, 0.6) is 0 Å². The van der Waals surface area contributed by atoms with Crippen LogP contribution in [0.3, 0.4) is 0 Å². The van der Waals surface area contributed by atoms with Crippen molar-refractivity contribution >= 4 is 5.91 Å². The number of hydrogen-bond acceptors (Lipinski definition) is 3. The molecule has 4 heteroatoms. The predicted molar refractivity (Wildman–Crippen MR) is 89.8 cm³/mol. The number of nitrogens with one attached hydrogen (secondary N) is 1. The molecule has 23 heavy (non-hydrogen) atoms. The topological polar surface area (TPSA) is 54.9 Å². The molecule has 114 valence electrons. The standard InChI is InChI=1S/C19H17N3O/c1-14-7-5-6-10-16(14)11-21-19(23)17-12-20-13-22-18(17)15-8-3-2-4-9-15/h2-10,12-13H,11H2,1H3,(H,21,23). The maximum absolute atomic E-state index is 12.5. The number of aryl methyl sites for hydroxylation is 1. The summed E-state index contributed by atoms with van der Waals surface area (Å²) in [4.78, 5) is 20.8. The van der Waals surface area contributed by atoms with Crippen LogP contribution >= 0.6 is 0 Å². The molecule has 3 rings (SSSR count). The zero-order valence-electron chi connectivity index (χ0n) is 12.9. The minimum atomic E-state index is -0.173. The van der Waals surface area contributed by atoms with E-state index >= 15 is 0 Å². The second kappa shape index (κ2) is 6.83. The van der Waals surface area contributed by atoms with E-state index in [-0.39, 0.29) is 5.91 Å². The molecule has 1 heterocycles. The third kappa shape index (κ3) is 3.43. The first-order valence-corrected chi connectivity index (χ1v) is 7.44. The summed E-state index contributed by atoms with van der Waals surface area (Å²) in [5, 5.41) is 2.95. The van der Waals surface area contributed by atoms with Crippen LogP contribution in [-0.2, 0) is 6.54 Å². The van der Waals surface area contributed by atoms with Gasteiger partial charge in [-0.3, -0.25) is 4.79 Å². The van der Waals surface area contributed by atoms with Crippen LogP contribution in [-0.4, -0.2) is 15.9 Å². The Kier molecular flexibility index (Phi) is 4.43. The zero-order valence-corrected chi connectivity index (χ0v) is 12.9. The highest BCUT2D eigenvalue weighted by Crippen LogP contribution is 2.20. The molecule has 0 saturated heterocycles. The lowest BCUT2D eigenvalue weighted by Crippen LogP contribution is -2.24. The number of nitrogens with zero attached hydrogens (tertiary/aromatic N) is 2. The average Bonchev–Trinajstić information content (AvgIpc) is 2.61. The van der Waals surface area contributed by atoms with Crippen molar-refractivity contribution < 1.29 is 4.79 Å². The molecule has 0 radical (unpaired) electrons. The Morgan fingerprint density at radius 1 is 1.04 bits per heavy atom. The molecule has 3 aromatic rings. The van der Waals surface area contributed by atoms with Crippen LogP contribution < -0.4 is 5.32 Å². The highest BCUT2D eigenvalue weighted by molar-refractivity contribution is 5.99. The summed E-state index contributed by atoms with van der Waals surface area (Å²) >= 11 is 0. The van der Waals surface area contributed by atoms with Gasteiger partial charge in [-0.15, -0.1) is 0 Å². The lowest BCUT2D eigenvalue weighted by Gasteiger charge is -2.10. The van der Waals surface area contributed by atoms with Crippen molar-refractivity contribution in [2.45, 2.75) is 13.5 Å². The fraction of sp³-hybridized carbons (Fsp3) is 0.105. The largest absolute Gasteiger partial charge is 0.348 e. The second-order valence-electron chi connectivity index (χ2n) is 5.26. The van der Waals surface area contributed by atoms with Crippen LogP contribution in [0.4, 0.5) is 0 Å². The maximum atomic E-state index is 12.5. The number of benzene rings is 2. The molecule has 0 atom stereocenters. The minimum Gasteiger partial charge on any atom is -0.348 e. The van der Waals surface area contributed by atoms with Crippen molar-refractivity contribution in [1.29, 1.82) is 0 Å². The molecule has 0 unspecified atom stereocenters. The van der Waals surface area contributed by atoms with Crippen molar-refractivity contribution in [2.24, 2.45) is 0 Å². The first kappa shape index (κ1) is 14.9. The van der Waals surface area contributed by atoms with Gasteiger partial charge in [0, 0.05) is 18.3 Å². The number of carbonyl (C=O) groups is 1. The average molecular weight is 303 g/mol. The second-order valence-corrected chi connectivity index (χ2v) is 5.26. The van der Waals surface area contributed by atoms with Crippen LogP contribution in [0.2, 0.25) is 0 Å². The Morgan fingerprint density at radius 3 is 2.57 bits per heavy atom. The Hall–Kier alpha value is -3.01. The normalized spacial score (nSPS) is 10.3. The van der Waals surface area contributed by atoms with Crippen LogP contribution in [0, 0.1) is 6.92 Å². The Balaban J connectivity index is 1.82. The van der Waals surface area contributed by atoms with E-state index in [9.17, 15) is 4.79 Å². The first-order chi connectivity index (χ1) is 11.3. The molecule has 0 aliphatic heterocycles. The predicted octanol–water partition coefficient (Wildman–Crippen LogP) is 3.38. The van der Waals surface area contributed by atoms with Gasteiger partial charge in [0.15, 0.2) is 0 Å². The van der Waals surface area contributed by atoms with Gasteiger partial charge >= 0.3 is 0 Å². The molecule has 1 amide bonds. The number of hydrogen-bond donors (Lipinski definition) is 1. The van der Waals surface area contributed by atoms with Gasteiger partial charge in [0.25, 0.3) is 5.91 Å². The maximum Gasteiger partial charge on any atom is 0.255 e. The molecule has 2 aromatic carbocycles. The van der Waals surface area contributed by atoms with Crippen molar-refractivity contribution in [2.75, 3.05) is 0 Å². The van der Waals surface area contributed by atoms with Gasteiger partial charge in [0.05, 0.1) is 11.3 Å². The van der Waals surface area contributed by atoms with Gasteiger partial charge in [-0.05, 0) is 18.1 Å². The van der Waals surface area contributed by atoms with E-state index < -0.39 is 0 Å². The number of aromatic nitrogens is 2. The highest BCUT2D eigenvalue weighted by atomic mass is 16.1. The number of rotatable bonds is 4. The Labute approximate surface area is 135 Å². The SMILES string of the molecule is Cc1ccccc1CNC(=O)c1cncnc1-c1ccccc1. The molecule has 1 N–H and O–H groups in total. The fourth-order valence-electron chi connectivity index (χ4n) is 2.40. The molecule has 0 aliphatic rings. The summed E-state index contributed by atoms with van der Waals surface area (Å²) in [5.41, 5.74) is 4.27. The Morgan fingerprint density at radius 2 is 1.78 bits per heavy atom. The van der Waals surface area contributed by atoms with Crippen LogP contribution in [0.25, 0.3) is 11.3 Å². The molecule has 0 saturated carbocycles. The first-order valence-electron chi connectivity index (χ1n) is 7.44. The molecular weight excluding hydrogens is 286 g/mol. The van der Waals surface area contributed by atoms with Crippen molar-refractivity contribution in [3.8, 4) is 11.3 Å². The third-order valence-electron chi connectivity index (χ3n) is 3.70. The van der Waals surface area contributed by atoms with Gasteiger partial charge in [0.1, 0.15) is 6.33 Å². The van der Waals surface area contributed by atoms with E-state index in [2.05, 4.69) is 15.3 Å². The number of amides is 1. The fourth-order valence-corrected chi connectivity index (χ4v) is 2.40. The summed E-state index contributed by atoms with van der Waals surface area (Å²) in [6.45, 7) is 2.51. The van der Waals surface area contributed by atoms with Gasteiger partial charge < -0.3 is 5.32 Å². The van der Waals surface area contributed by atoms with Crippen LogP contribution in [0.1, 0.15) is 21.5 Å². The van der Waals surface area contributed by atoms with Crippen molar-refractivity contribution in [3.63, 3.8) is 0 Å². The van der Waals surface area contributed by atoms with Gasteiger partial charge in [-0.2, -0.15) is 0 Å². The van der Waals surface area contributed by atoms with E-state index in [0.717, 1.165) is 16.7 Å². The third-order valence-corrected chi connectivity index (χ3v) is 3.70. The van der Waals surface area contributed by atoms with Crippen molar-refractivity contribution in [1.82, 2.24) is 15.3 Å². The molecular formula is C19H17N3O. The monoisotopic (exact) mass is 303 g/mol. The number of carbonyl (C=O) groups excluding carboxylic acids is 1. The van der Waals surface area contributed by atoms with E-state index in [0.29, 0.717) is 17.8 Å². The summed E-state index contributed by atoms with van der Waals surface area (Å²) in [6.07, 6.45) is 3.02. The van der Waals surface area contributed by atoms with E-state index in [1.54, 1.807) is 6.20 Å². The molecule has 0 fully saturated rings. The van der Waals surface area contributed by atoms with Crippen LogP contribution in [0.15, 0.2) is 67.1 Å². The molecule has 4 nitrogen and oxygen atoms in total. The highest BCUT2D eigenvalue weighted by Gasteiger charge is 2.14.